The summed E-state index contributed by atoms with van der Waals surface area (Å²) in [5.74, 6) is -1.07. The maximum Gasteiger partial charge on any atom is 0.355 e. The minimum atomic E-state index is -1.07. The van der Waals surface area contributed by atoms with Gasteiger partial charge >= 0.3 is 12.0 Å². The van der Waals surface area contributed by atoms with Crippen molar-refractivity contribution in [2.45, 2.75) is 32.7 Å². The number of nitrogens with zero attached hydrogens (tertiary/aromatic N) is 1. The molecule has 0 saturated heterocycles. The van der Waals surface area contributed by atoms with Crippen LogP contribution in [0.3, 0.4) is 0 Å². The number of urea groups is 1. The predicted octanol–water partition coefficient (Wildman–Crippen LogP) is 2.02. The fraction of sp³-hybridized carbons (Fsp3) is 0.615. The number of rotatable bonds is 9. The van der Waals surface area contributed by atoms with E-state index in [1.54, 1.807) is 6.92 Å². The fourth-order valence-electron chi connectivity index (χ4n) is 1.52. The van der Waals surface area contributed by atoms with Crippen molar-refractivity contribution in [2.24, 2.45) is 0 Å². The van der Waals surface area contributed by atoms with Gasteiger partial charge in [-0.3, -0.25) is 0 Å². The van der Waals surface area contributed by atoms with Crippen molar-refractivity contribution in [2.75, 3.05) is 19.8 Å². The lowest BCUT2D eigenvalue weighted by Gasteiger charge is -2.12. The minimum Gasteiger partial charge on any atom is -0.476 e. The second-order valence-electron chi connectivity index (χ2n) is 4.46. The van der Waals surface area contributed by atoms with Gasteiger partial charge in [0.1, 0.15) is 5.01 Å². The molecular formula is C13H21N3O4S. The topological polar surface area (TPSA) is 101 Å². The van der Waals surface area contributed by atoms with Gasteiger partial charge in [-0.2, -0.15) is 0 Å². The fourth-order valence-corrected chi connectivity index (χ4v) is 2.32. The first kappa shape index (κ1) is 17.4. The molecule has 0 aliphatic heterocycles. The molecule has 118 valence electrons. The molecule has 0 fully saturated rings. The third-order valence-corrected chi connectivity index (χ3v) is 3.59. The number of amides is 2. The van der Waals surface area contributed by atoms with Crippen molar-refractivity contribution in [3.05, 3.63) is 16.1 Å². The number of ether oxygens (including phenoxy) is 1. The third kappa shape index (κ3) is 6.54. The van der Waals surface area contributed by atoms with E-state index in [0.29, 0.717) is 18.2 Å². The van der Waals surface area contributed by atoms with E-state index in [-0.39, 0.29) is 17.8 Å². The maximum absolute atomic E-state index is 11.7. The molecule has 2 amide bonds. The first-order chi connectivity index (χ1) is 10.0. The molecule has 1 unspecified atom stereocenters. The normalized spacial score (nSPS) is 11.9. The third-order valence-electron chi connectivity index (χ3n) is 2.56. The highest BCUT2D eigenvalue weighted by Crippen LogP contribution is 2.17. The van der Waals surface area contributed by atoms with Crippen LogP contribution >= 0.6 is 11.3 Å². The summed E-state index contributed by atoms with van der Waals surface area (Å²) in [6, 6.07) is -0.635. The largest absolute Gasteiger partial charge is 0.476 e. The molecule has 8 heteroatoms. The van der Waals surface area contributed by atoms with E-state index in [1.807, 2.05) is 6.92 Å². The average molecular weight is 315 g/mol. The molecule has 1 aromatic heterocycles. The summed E-state index contributed by atoms with van der Waals surface area (Å²) in [4.78, 5) is 26.3. The second-order valence-corrected chi connectivity index (χ2v) is 5.35. The van der Waals surface area contributed by atoms with Gasteiger partial charge in [-0.05, 0) is 19.8 Å². The number of carboxylic acids is 1. The lowest BCUT2D eigenvalue weighted by molar-refractivity contribution is 0.0691. The van der Waals surface area contributed by atoms with Crippen LogP contribution in [0.1, 0.15) is 48.2 Å². The van der Waals surface area contributed by atoms with Crippen LogP contribution in [-0.4, -0.2) is 41.8 Å². The smallest absolute Gasteiger partial charge is 0.355 e. The predicted molar refractivity (Wildman–Crippen MR) is 79.7 cm³/mol. The average Bonchev–Trinajstić information content (AvgIpc) is 2.92. The van der Waals surface area contributed by atoms with Crippen LogP contribution in [-0.2, 0) is 4.74 Å². The molecule has 0 spiro atoms. The molecule has 7 nitrogen and oxygen atoms in total. The molecule has 0 saturated carbocycles. The molecule has 1 atom stereocenters. The SMILES string of the molecule is CCCOCCCNC(=O)NC(C)c1nc(C(=O)O)cs1. The highest BCUT2D eigenvalue weighted by atomic mass is 32.1. The summed E-state index contributed by atoms with van der Waals surface area (Å²) in [6.45, 7) is 5.69. The summed E-state index contributed by atoms with van der Waals surface area (Å²) in [7, 11) is 0. The number of thiazole rings is 1. The summed E-state index contributed by atoms with van der Waals surface area (Å²) in [6.07, 6.45) is 1.74. The summed E-state index contributed by atoms with van der Waals surface area (Å²) >= 11 is 1.21. The van der Waals surface area contributed by atoms with Crippen molar-refractivity contribution in [1.82, 2.24) is 15.6 Å². The van der Waals surface area contributed by atoms with E-state index < -0.39 is 5.97 Å². The van der Waals surface area contributed by atoms with Crippen molar-refractivity contribution in [3.63, 3.8) is 0 Å². The molecule has 21 heavy (non-hydrogen) atoms. The van der Waals surface area contributed by atoms with Crippen molar-refractivity contribution < 1.29 is 19.4 Å². The van der Waals surface area contributed by atoms with E-state index in [0.717, 1.165) is 19.4 Å². The molecule has 0 aliphatic carbocycles. The number of aromatic carboxylic acids is 1. The molecule has 3 N–H and O–H groups in total. The van der Waals surface area contributed by atoms with Crippen LogP contribution in [0, 0.1) is 0 Å². The van der Waals surface area contributed by atoms with E-state index in [9.17, 15) is 9.59 Å². The molecule has 0 aliphatic rings. The number of carbonyl (C=O) groups excluding carboxylic acids is 1. The lowest BCUT2D eigenvalue weighted by atomic mass is 10.3. The van der Waals surface area contributed by atoms with Crippen molar-refractivity contribution in [1.29, 1.82) is 0 Å². The zero-order chi connectivity index (χ0) is 15.7. The Morgan fingerprint density at radius 2 is 2.24 bits per heavy atom. The molecule has 0 aromatic carbocycles. The zero-order valence-electron chi connectivity index (χ0n) is 12.2. The molecule has 1 aromatic rings. The van der Waals surface area contributed by atoms with E-state index in [2.05, 4.69) is 15.6 Å². The van der Waals surface area contributed by atoms with Crippen LogP contribution in [0.5, 0.6) is 0 Å². The Bertz CT molecular complexity index is 464. The van der Waals surface area contributed by atoms with E-state index in [4.69, 9.17) is 9.84 Å². The van der Waals surface area contributed by atoms with Gasteiger partial charge < -0.3 is 20.5 Å². The lowest BCUT2D eigenvalue weighted by Crippen LogP contribution is -2.37. The summed E-state index contributed by atoms with van der Waals surface area (Å²) in [5.41, 5.74) is -0.00266. The zero-order valence-corrected chi connectivity index (χ0v) is 13.0. The maximum atomic E-state index is 11.7. The summed E-state index contributed by atoms with van der Waals surface area (Å²) < 4.78 is 5.30. The van der Waals surface area contributed by atoms with Crippen LogP contribution in [0.4, 0.5) is 4.79 Å². The van der Waals surface area contributed by atoms with Crippen LogP contribution in [0.25, 0.3) is 0 Å². The van der Waals surface area contributed by atoms with Gasteiger partial charge in [0.25, 0.3) is 0 Å². The van der Waals surface area contributed by atoms with Crippen molar-refractivity contribution >= 4 is 23.3 Å². The quantitative estimate of drug-likeness (QED) is 0.605. The Labute approximate surface area is 127 Å². The number of nitrogens with one attached hydrogen (secondary N) is 2. The number of carboxylic acid groups (broad SMARTS) is 1. The molecule has 1 heterocycles. The molecule has 0 bridgehead atoms. The highest BCUT2D eigenvalue weighted by molar-refractivity contribution is 7.09. The minimum absolute atomic E-state index is 0.00266. The van der Waals surface area contributed by atoms with Gasteiger partial charge in [-0.1, -0.05) is 6.92 Å². The standard InChI is InChI=1S/C13H21N3O4S/c1-3-6-20-7-4-5-14-13(19)15-9(2)11-16-10(8-21-11)12(17)18/h8-9H,3-7H2,1-2H3,(H,17,18)(H2,14,15,19). The summed E-state index contributed by atoms with van der Waals surface area (Å²) in [5, 5.41) is 16.3. The second kappa shape index (κ2) is 9.30. The van der Waals surface area contributed by atoms with Gasteiger partial charge in [0.05, 0.1) is 6.04 Å². The number of carbonyl (C=O) groups is 2. The monoisotopic (exact) mass is 315 g/mol. The van der Waals surface area contributed by atoms with Crippen LogP contribution in [0.15, 0.2) is 5.38 Å². The Balaban J connectivity index is 2.25. The van der Waals surface area contributed by atoms with Gasteiger partial charge in [0.2, 0.25) is 0 Å². The van der Waals surface area contributed by atoms with E-state index in [1.165, 1.54) is 16.7 Å². The highest BCUT2D eigenvalue weighted by Gasteiger charge is 2.15. The van der Waals surface area contributed by atoms with Crippen LogP contribution in [0.2, 0.25) is 0 Å². The number of hydrogen-bond donors (Lipinski definition) is 3. The van der Waals surface area contributed by atoms with Crippen LogP contribution < -0.4 is 10.6 Å². The van der Waals surface area contributed by atoms with Gasteiger partial charge in [-0.15, -0.1) is 11.3 Å². The van der Waals surface area contributed by atoms with Gasteiger partial charge in [0, 0.05) is 25.1 Å². The number of aromatic nitrogens is 1. The Hall–Kier alpha value is -1.67. The first-order valence-electron chi connectivity index (χ1n) is 6.85. The van der Waals surface area contributed by atoms with Gasteiger partial charge in [-0.25, -0.2) is 14.6 Å². The Kier molecular flexibility index (Phi) is 7.70. The van der Waals surface area contributed by atoms with Crippen molar-refractivity contribution in [3.8, 4) is 0 Å². The first-order valence-corrected chi connectivity index (χ1v) is 7.73. The molecule has 1 rings (SSSR count). The molecular weight excluding hydrogens is 294 g/mol. The Morgan fingerprint density at radius 1 is 1.48 bits per heavy atom. The number of hydrogen-bond acceptors (Lipinski definition) is 5. The molecule has 0 radical (unpaired) electrons. The van der Waals surface area contributed by atoms with Gasteiger partial charge in [0.15, 0.2) is 5.69 Å². The Morgan fingerprint density at radius 3 is 2.86 bits per heavy atom. The van der Waals surface area contributed by atoms with E-state index >= 15 is 0 Å².